The van der Waals surface area contributed by atoms with Crippen LogP contribution in [0.1, 0.15) is 51.1 Å². The van der Waals surface area contributed by atoms with E-state index in [1.54, 1.807) is 6.07 Å². The molecule has 1 aromatic rings. The fourth-order valence-corrected chi connectivity index (χ4v) is 2.87. The molecule has 5 heteroatoms. The number of carbonyl (C=O) groups excluding carboxylic acids is 1. The number of carbonyl (C=O) groups is 1. The van der Waals surface area contributed by atoms with Crippen LogP contribution in [0.4, 0.5) is 5.69 Å². The van der Waals surface area contributed by atoms with E-state index in [1.807, 2.05) is 50.3 Å². The number of ether oxygens (including phenoxy) is 1. The number of aromatic nitrogens is 1. The highest BCUT2D eigenvalue weighted by Crippen LogP contribution is 2.24. The van der Waals surface area contributed by atoms with Crippen LogP contribution in [0.15, 0.2) is 12.3 Å². The quantitative estimate of drug-likeness (QED) is 0.903. The molecule has 1 fully saturated rings. The van der Waals surface area contributed by atoms with Crippen molar-refractivity contribution < 1.29 is 9.53 Å². The molecule has 1 unspecified atom stereocenters. The third kappa shape index (κ3) is 2.98. The number of hydrogen-bond donors (Lipinski definition) is 1. The molecule has 0 spiro atoms. The van der Waals surface area contributed by atoms with Gasteiger partial charge in [0.15, 0.2) is 0 Å². The summed E-state index contributed by atoms with van der Waals surface area (Å²) in [6, 6.07) is 1.97. The van der Waals surface area contributed by atoms with E-state index in [0.717, 1.165) is 0 Å². The van der Waals surface area contributed by atoms with Gasteiger partial charge in [-0.2, -0.15) is 0 Å². The summed E-state index contributed by atoms with van der Waals surface area (Å²) in [4.78, 5) is 14.6. The highest BCUT2D eigenvalue weighted by atomic mass is 16.5. The monoisotopic (exact) mass is 279 g/mol. The predicted molar refractivity (Wildman–Crippen MR) is 79.8 cm³/mol. The molecule has 20 heavy (non-hydrogen) atoms. The number of nitrogens with zero attached hydrogens (tertiary/aromatic N) is 2. The van der Waals surface area contributed by atoms with Crippen molar-refractivity contribution in [3.8, 4) is 0 Å². The first-order valence-electron chi connectivity index (χ1n) is 7.14. The lowest BCUT2D eigenvalue weighted by Gasteiger charge is -2.41. The minimum absolute atomic E-state index is 0.0265. The summed E-state index contributed by atoms with van der Waals surface area (Å²) in [7, 11) is 0. The van der Waals surface area contributed by atoms with E-state index >= 15 is 0 Å². The Kier molecular flexibility index (Phi) is 3.82. The molecule has 0 bridgehead atoms. The van der Waals surface area contributed by atoms with E-state index in [-0.39, 0.29) is 23.7 Å². The molecule has 1 atom stereocenters. The number of anilines is 1. The second-order valence-electron chi connectivity index (χ2n) is 6.53. The van der Waals surface area contributed by atoms with Crippen molar-refractivity contribution in [1.29, 1.82) is 0 Å². The van der Waals surface area contributed by atoms with Crippen LogP contribution < -0.4 is 5.73 Å². The molecular weight excluding hydrogens is 254 g/mol. The summed E-state index contributed by atoms with van der Waals surface area (Å²) in [5.41, 5.74) is 6.82. The zero-order valence-corrected chi connectivity index (χ0v) is 13.0. The van der Waals surface area contributed by atoms with Crippen molar-refractivity contribution in [2.45, 2.75) is 52.4 Å². The van der Waals surface area contributed by atoms with E-state index in [1.165, 1.54) is 0 Å². The Labute approximate surface area is 120 Å². The lowest BCUT2D eigenvalue weighted by atomic mass is 10.1. The van der Waals surface area contributed by atoms with Crippen LogP contribution in [0.2, 0.25) is 0 Å². The molecule has 5 nitrogen and oxygen atoms in total. The smallest absolute Gasteiger partial charge is 0.270 e. The molecule has 2 N–H and O–H groups in total. The molecule has 0 radical (unpaired) electrons. The Morgan fingerprint density at radius 1 is 1.50 bits per heavy atom. The van der Waals surface area contributed by atoms with E-state index in [4.69, 9.17) is 10.5 Å². The molecule has 0 saturated carbocycles. The highest BCUT2D eigenvalue weighted by molar-refractivity contribution is 5.94. The number of amides is 1. The minimum Gasteiger partial charge on any atom is -0.397 e. The summed E-state index contributed by atoms with van der Waals surface area (Å²) in [6.45, 7) is 11.3. The molecule has 1 aromatic heterocycles. The standard InChI is InChI=1S/C15H25N3O2/c1-10(2)18-8-12(16)6-13(18)14(19)17-7-11(3)20-15(4,5)9-17/h6,8,10-11H,7,9,16H2,1-5H3. The number of nitrogen functional groups attached to an aromatic ring is 1. The van der Waals surface area contributed by atoms with E-state index in [2.05, 4.69) is 0 Å². The molecule has 1 amide bonds. The average Bonchev–Trinajstić information content (AvgIpc) is 2.67. The van der Waals surface area contributed by atoms with E-state index in [9.17, 15) is 4.79 Å². The Bertz CT molecular complexity index is 505. The second-order valence-corrected chi connectivity index (χ2v) is 6.53. The molecule has 2 rings (SSSR count). The van der Waals surface area contributed by atoms with Crippen LogP contribution in [0.5, 0.6) is 0 Å². The lowest BCUT2D eigenvalue weighted by Crippen LogP contribution is -2.54. The van der Waals surface area contributed by atoms with Gasteiger partial charge in [-0.1, -0.05) is 0 Å². The number of nitrogens with two attached hydrogens (primary N) is 1. The van der Waals surface area contributed by atoms with Gasteiger partial charge in [-0.3, -0.25) is 4.79 Å². The van der Waals surface area contributed by atoms with Crippen LogP contribution in [-0.2, 0) is 4.74 Å². The van der Waals surface area contributed by atoms with Gasteiger partial charge in [0.25, 0.3) is 5.91 Å². The molecule has 112 valence electrons. The van der Waals surface area contributed by atoms with Crippen molar-refractivity contribution in [3.05, 3.63) is 18.0 Å². The summed E-state index contributed by atoms with van der Waals surface area (Å²) in [6.07, 6.45) is 1.87. The van der Waals surface area contributed by atoms with Crippen molar-refractivity contribution >= 4 is 11.6 Å². The van der Waals surface area contributed by atoms with E-state index < -0.39 is 0 Å². The molecule has 0 aromatic carbocycles. The zero-order valence-electron chi connectivity index (χ0n) is 13.0. The zero-order chi connectivity index (χ0) is 15.1. The SMILES string of the molecule is CC1CN(C(=O)c2cc(N)cn2C(C)C)CC(C)(C)O1. The third-order valence-corrected chi connectivity index (χ3v) is 3.50. The highest BCUT2D eigenvalue weighted by Gasteiger charge is 2.35. The molecule has 1 aliphatic heterocycles. The Morgan fingerprint density at radius 2 is 2.15 bits per heavy atom. The topological polar surface area (TPSA) is 60.5 Å². The summed E-state index contributed by atoms with van der Waals surface area (Å²) in [5.74, 6) is 0.0265. The third-order valence-electron chi connectivity index (χ3n) is 3.50. The summed E-state index contributed by atoms with van der Waals surface area (Å²) >= 11 is 0. The van der Waals surface area contributed by atoms with Crippen LogP contribution in [0, 0.1) is 0 Å². The Morgan fingerprint density at radius 3 is 2.70 bits per heavy atom. The van der Waals surface area contributed by atoms with Crippen molar-refractivity contribution in [1.82, 2.24) is 9.47 Å². The number of morpholine rings is 1. The van der Waals surface area contributed by atoms with E-state index in [0.29, 0.717) is 24.5 Å². The maximum Gasteiger partial charge on any atom is 0.270 e. The van der Waals surface area contributed by atoms with Crippen molar-refractivity contribution in [3.63, 3.8) is 0 Å². The molecular formula is C15H25N3O2. The van der Waals surface area contributed by atoms with Gasteiger partial charge in [0, 0.05) is 25.3 Å². The second kappa shape index (κ2) is 5.13. The van der Waals surface area contributed by atoms with Gasteiger partial charge < -0.3 is 19.9 Å². The lowest BCUT2D eigenvalue weighted by molar-refractivity contribution is -0.119. The minimum atomic E-state index is -0.311. The van der Waals surface area contributed by atoms with Gasteiger partial charge in [0.05, 0.1) is 17.4 Å². The van der Waals surface area contributed by atoms with Gasteiger partial charge in [0.2, 0.25) is 0 Å². The number of rotatable bonds is 2. The first-order chi connectivity index (χ1) is 9.19. The molecule has 1 aliphatic rings. The van der Waals surface area contributed by atoms with Crippen LogP contribution in [0.25, 0.3) is 0 Å². The van der Waals surface area contributed by atoms with Crippen LogP contribution in [-0.4, -0.2) is 40.2 Å². The van der Waals surface area contributed by atoms with Crippen molar-refractivity contribution in [2.24, 2.45) is 0 Å². The molecule has 0 aliphatic carbocycles. The Balaban J connectivity index is 2.27. The first-order valence-corrected chi connectivity index (χ1v) is 7.14. The first kappa shape index (κ1) is 14.9. The molecule has 1 saturated heterocycles. The summed E-state index contributed by atoms with van der Waals surface area (Å²) < 4.78 is 7.78. The predicted octanol–water partition coefficient (Wildman–Crippen LogP) is 2.29. The number of hydrogen-bond acceptors (Lipinski definition) is 3. The molecule has 2 heterocycles. The maximum absolute atomic E-state index is 12.8. The van der Waals surface area contributed by atoms with Gasteiger partial charge >= 0.3 is 0 Å². The normalized spacial score (nSPS) is 22.3. The van der Waals surface area contributed by atoms with Crippen molar-refractivity contribution in [2.75, 3.05) is 18.8 Å². The maximum atomic E-state index is 12.8. The fraction of sp³-hybridized carbons (Fsp3) is 0.667. The fourth-order valence-electron chi connectivity index (χ4n) is 2.87. The Hall–Kier alpha value is -1.49. The average molecular weight is 279 g/mol. The van der Waals surface area contributed by atoms with Crippen LogP contribution >= 0.6 is 0 Å². The van der Waals surface area contributed by atoms with Gasteiger partial charge in [-0.25, -0.2) is 0 Å². The van der Waals surface area contributed by atoms with Crippen LogP contribution in [0.3, 0.4) is 0 Å². The summed E-state index contributed by atoms with van der Waals surface area (Å²) in [5, 5.41) is 0. The van der Waals surface area contributed by atoms with Gasteiger partial charge in [0.1, 0.15) is 5.69 Å². The largest absolute Gasteiger partial charge is 0.397 e. The van der Waals surface area contributed by atoms with Gasteiger partial charge in [-0.15, -0.1) is 0 Å². The van der Waals surface area contributed by atoms with Gasteiger partial charge in [-0.05, 0) is 40.7 Å².